The zero-order valence-corrected chi connectivity index (χ0v) is 9.72. The lowest BCUT2D eigenvalue weighted by molar-refractivity contribution is -0.0503. The molecule has 0 atom stereocenters. The van der Waals surface area contributed by atoms with Crippen molar-refractivity contribution in [2.75, 3.05) is 0 Å². The highest BCUT2D eigenvalue weighted by Gasteiger charge is 2.10. The van der Waals surface area contributed by atoms with E-state index in [9.17, 15) is 8.78 Å². The third-order valence-electron chi connectivity index (χ3n) is 1.91. The zero-order chi connectivity index (χ0) is 11.4. The molecule has 0 fully saturated rings. The van der Waals surface area contributed by atoms with Crippen LogP contribution in [0.5, 0.6) is 5.75 Å². The first kappa shape index (κ1) is 12.2. The van der Waals surface area contributed by atoms with Crippen molar-refractivity contribution in [3.05, 3.63) is 46.8 Å². The van der Waals surface area contributed by atoms with Crippen LogP contribution in [0.2, 0.25) is 0 Å². The summed E-state index contributed by atoms with van der Waals surface area (Å²) in [5, 5.41) is 0. The van der Waals surface area contributed by atoms with E-state index in [1.54, 1.807) is 18.2 Å². The minimum Gasteiger partial charge on any atom is -0.434 e. The number of rotatable bonds is 4. The molecule has 1 radical (unpaired) electrons. The number of alkyl halides is 2. The Balaban J connectivity index is 2.92. The lowest BCUT2D eigenvalue weighted by Gasteiger charge is -2.10. The standard InChI is InChI=1S/C11H10BrF2O/c1-3-7(2)8-4-5-10(9(12)6-8)15-11(13)14/h3-6,11H,1H2,2H3. The lowest BCUT2D eigenvalue weighted by Crippen LogP contribution is -2.02. The summed E-state index contributed by atoms with van der Waals surface area (Å²) >= 11 is 3.17. The molecule has 1 rings (SSSR count). The summed E-state index contributed by atoms with van der Waals surface area (Å²) in [6.07, 6.45) is 1.70. The SMILES string of the molecule is C=C[C](C)c1ccc(OC(F)F)c(Br)c1. The zero-order valence-electron chi connectivity index (χ0n) is 8.14. The third-order valence-corrected chi connectivity index (χ3v) is 2.53. The maximum atomic E-state index is 12.0. The second-order valence-electron chi connectivity index (χ2n) is 2.91. The van der Waals surface area contributed by atoms with Gasteiger partial charge in [0, 0.05) is 5.92 Å². The Bertz CT molecular complexity index is 352. The van der Waals surface area contributed by atoms with E-state index < -0.39 is 6.61 Å². The van der Waals surface area contributed by atoms with E-state index >= 15 is 0 Å². The average molecular weight is 276 g/mol. The van der Waals surface area contributed by atoms with Crippen LogP contribution in [0, 0.1) is 5.92 Å². The molecule has 0 saturated heterocycles. The van der Waals surface area contributed by atoms with Crippen LogP contribution < -0.4 is 4.74 Å². The smallest absolute Gasteiger partial charge is 0.387 e. The number of allylic oxidation sites excluding steroid dienone is 1. The number of hydrogen-bond acceptors (Lipinski definition) is 1. The molecule has 0 aromatic heterocycles. The Morgan fingerprint density at radius 2 is 2.20 bits per heavy atom. The predicted molar refractivity (Wildman–Crippen MR) is 59.0 cm³/mol. The number of hydrogen-bond donors (Lipinski definition) is 0. The Labute approximate surface area is 95.9 Å². The number of benzene rings is 1. The highest BCUT2D eigenvalue weighted by molar-refractivity contribution is 9.10. The van der Waals surface area contributed by atoms with Gasteiger partial charge in [-0.2, -0.15) is 8.78 Å². The fourth-order valence-corrected chi connectivity index (χ4v) is 1.53. The second kappa shape index (κ2) is 5.26. The molecule has 0 aliphatic carbocycles. The Hall–Kier alpha value is -0.900. The summed E-state index contributed by atoms with van der Waals surface area (Å²) in [5.74, 6) is 1.10. The minimum absolute atomic E-state index is 0.130. The molecular formula is C11H10BrF2O. The largest absolute Gasteiger partial charge is 0.434 e. The molecule has 0 bridgehead atoms. The molecule has 0 saturated carbocycles. The molecule has 0 N–H and O–H groups in total. The van der Waals surface area contributed by atoms with Gasteiger partial charge in [0.1, 0.15) is 5.75 Å². The second-order valence-corrected chi connectivity index (χ2v) is 3.77. The Morgan fingerprint density at radius 3 is 2.67 bits per heavy atom. The topological polar surface area (TPSA) is 9.23 Å². The van der Waals surface area contributed by atoms with Gasteiger partial charge in [-0.05, 0) is 33.6 Å². The van der Waals surface area contributed by atoms with Gasteiger partial charge in [0.25, 0.3) is 0 Å². The van der Waals surface area contributed by atoms with Gasteiger partial charge in [-0.25, -0.2) is 0 Å². The van der Waals surface area contributed by atoms with Crippen LogP contribution in [-0.4, -0.2) is 6.61 Å². The molecule has 15 heavy (non-hydrogen) atoms. The van der Waals surface area contributed by atoms with E-state index in [-0.39, 0.29) is 5.75 Å². The average Bonchev–Trinajstić information content (AvgIpc) is 2.19. The fourth-order valence-electron chi connectivity index (χ4n) is 1.06. The van der Waals surface area contributed by atoms with Gasteiger partial charge in [0.05, 0.1) is 4.47 Å². The maximum absolute atomic E-state index is 12.0. The van der Waals surface area contributed by atoms with Crippen LogP contribution in [0.1, 0.15) is 12.5 Å². The van der Waals surface area contributed by atoms with Crippen LogP contribution in [-0.2, 0) is 0 Å². The molecule has 1 nitrogen and oxygen atoms in total. The van der Waals surface area contributed by atoms with Gasteiger partial charge in [-0.15, -0.1) is 6.58 Å². The van der Waals surface area contributed by atoms with Crippen molar-refractivity contribution in [1.29, 1.82) is 0 Å². The van der Waals surface area contributed by atoms with Gasteiger partial charge in [-0.1, -0.05) is 19.1 Å². The molecule has 1 aromatic rings. The molecular weight excluding hydrogens is 266 g/mol. The molecule has 0 amide bonds. The van der Waals surface area contributed by atoms with Crippen molar-refractivity contribution < 1.29 is 13.5 Å². The molecule has 0 heterocycles. The van der Waals surface area contributed by atoms with E-state index in [1.165, 1.54) is 6.07 Å². The van der Waals surface area contributed by atoms with Crippen LogP contribution in [0.25, 0.3) is 0 Å². The molecule has 4 heteroatoms. The monoisotopic (exact) mass is 275 g/mol. The van der Waals surface area contributed by atoms with Crippen LogP contribution in [0.15, 0.2) is 35.3 Å². The van der Waals surface area contributed by atoms with Gasteiger partial charge >= 0.3 is 6.61 Å². The van der Waals surface area contributed by atoms with Crippen molar-refractivity contribution >= 4 is 15.9 Å². The Morgan fingerprint density at radius 1 is 1.53 bits per heavy atom. The number of ether oxygens (including phenoxy) is 1. The molecule has 81 valence electrons. The quantitative estimate of drug-likeness (QED) is 0.801. The molecule has 0 aliphatic rings. The van der Waals surface area contributed by atoms with E-state index in [0.29, 0.717) is 4.47 Å². The highest BCUT2D eigenvalue weighted by atomic mass is 79.9. The molecule has 0 aliphatic heterocycles. The van der Waals surface area contributed by atoms with Crippen LogP contribution in [0.4, 0.5) is 8.78 Å². The van der Waals surface area contributed by atoms with Gasteiger partial charge < -0.3 is 4.74 Å². The van der Waals surface area contributed by atoms with Gasteiger partial charge in [0.2, 0.25) is 0 Å². The Kier molecular flexibility index (Phi) is 4.27. The highest BCUT2D eigenvalue weighted by Crippen LogP contribution is 2.29. The molecule has 0 unspecified atom stereocenters. The lowest BCUT2D eigenvalue weighted by atomic mass is 10.0. The first-order valence-corrected chi connectivity index (χ1v) is 5.04. The fraction of sp³-hybridized carbons (Fsp3) is 0.182. The summed E-state index contributed by atoms with van der Waals surface area (Å²) in [7, 11) is 0. The normalized spacial score (nSPS) is 10.8. The van der Waals surface area contributed by atoms with Crippen molar-refractivity contribution in [3.8, 4) is 5.75 Å². The summed E-state index contributed by atoms with van der Waals surface area (Å²) < 4.78 is 28.7. The predicted octanol–water partition coefficient (Wildman–Crippen LogP) is 4.18. The minimum atomic E-state index is -2.81. The van der Waals surface area contributed by atoms with Crippen molar-refractivity contribution in [3.63, 3.8) is 0 Å². The van der Waals surface area contributed by atoms with Crippen molar-refractivity contribution in [1.82, 2.24) is 0 Å². The van der Waals surface area contributed by atoms with E-state index in [1.807, 2.05) is 6.92 Å². The number of halogens is 3. The first-order valence-electron chi connectivity index (χ1n) is 4.25. The maximum Gasteiger partial charge on any atom is 0.387 e. The van der Waals surface area contributed by atoms with Crippen molar-refractivity contribution in [2.45, 2.75) is 13.5 Å². The van der Waals surface area contributed by atoms with E-state index in [0.717, 1.165) is 11.5 Å². The molecule has 1 aromatic carbocycles. The van der Waals surface area contributed by atoms with Crippen LogP contribution in [0.3, 0.4) is 0 Å². The summed E-state index contributed by atoms with van der Waals surface area (Å²) in [6.45, 7) is 2.72. The van der Waals surface area contributed by atoms with Crippen LogP contribution >= 0.6 is 15.9 Å². The van der Waals surface area contributed by atoms with E-state index in [2.05, 4.69) is 27.2 Å². The summed E-state index contributed by atoms with van der Waals surface area (Å²) in [4.78, 5) is 0. The summed E-state index contributed by atoms with van der Waals surface area (Å²) in [5.41, 5.74) is 0.915. The third kappa shape index (κ3) is 3.30. The van der Waals surface area contributed by atoms with Gasteiger partial charge in [0.15, 0.2) is 0 Å². The summed E-state index contributed by atoms with van der Waals surface area (Å²) in [6, 6.07) is 4.92. The molecule has 0 spiro atoms. The van der Waals surface area contributed by atoms with Gasteiger partial charge in [-0.3, -0.25) is 0 Å². The first-order chi connectivity index (χ1) is 7.04. The van der Waals surface area contributed by atoms with Crippen molar-refractivity contribution in [2.24, 2.45) is 0 Å². The van der Waals surface area contributed by atoms with E-state index in [4.69, 9.17) is 0 Å².